The van der Waals surface area contributed by atoms with E-state index in [0.717, 1.165) is 16.7 Å². The molecule has 10 nitrogen and oxygen atoms in total. The van der Waals surface area contributed by atoms with Crippen LogP contribution in [0.25, 0.3) is 0 Å². The van der Waals surface area contributed by atoms with Crippen molar-refractivity contribution in [2.45, 2.75) is 70.9 Å². The number of hydrogen-bond acceptors (Lipinski definition) is 8. The number of hydrogen-bond donors (Lipinski definition) is 3. The minimum absolute atomic E-state index is 0.0678. The number of nitrogens with zero attached hydrogens (tertiary/aromatic N) is 4. The molecule has 0 fully saturated rings. The van der Waals surface area contributed by atoms with Crippen LogP contribution in [0.15, 0.2) is 83.9 Å². The van der Waals surface area contributed by atoms with E-state index in [1.54, 1.807) is 47.2 Å². The molecule has 44 heavy (non-hydrogen) atoms. The Bertz CT molecular complexity index is 1590. The van der Waals surface area contributed by atoms with Crippen molar-refractivity contribution in [3.8, 4) is 5.75 Å². The summed E-state index contributed by atoms with van der Waals surface area (Å²) in [5.74, 6) is -0.525. The van der Waals surface area contributed by atoms with Crippen LogP contribution in [0.5, 0.6) is 5.75 Å². The molecule has 0 bridgehead atoms. The number of carboxylic acid groups (broad SMARTS) is 1. The summed E-state index contributed by atoms with van der Waals surface area (Å²) in [6, 6.07) is 22.6. The molecule has 0 amide bonds. The summed E-state index contributed by atoms with van der Waals surface area (Å²) in [5, 5.41) is 18.6. The summed E-state index contributed by atoms with van der Waals surface area (Å²) in [6.45, 7) is 8.40. The standard InChI is InChI=1S/C33H40N4O6S/c1-5-28-21-37(44(40,41)30-14-10-9-13-29(30)43-28)19-26-17-25(16-15-23(26)2)31(33(3,4)32(38)39)42-22-27-20-36(35-34-27)18-24-11-7-6-8-12-24/h6-17,20,28,31,40-41H,5,18-19,21-22H2,1-4H3,(H,38,39). The van der Waals surface area contributed by atoms with Crippen LogP contribution >= 0.6 is 10.8 Å². The van der Waals surface area contributed by atoms with Crippen LogP contribution in [0.3, 0.4) is 0 Å². The quantitative estimate of drug-likeness (QED) is 0.168. The lowest BCUT2D eigenvalue weighted by Crippen LogP contribution is -2.35. The number of rotatable bonds is 11. The molecule has 11 heteroatoms. The number of carboxylic acids is 1. The highest BCUT2D eigenvalue weighted by atomic mass is 32.3. The van der Waals surface area contributed by atoms with Gasteiger partial charge in [-0.2, -0.15) is 4.31 Å². The van der Waals surface area contributed by atoms with Crippen molar-refractivity contribution in [2.24, 2.45) is 5.41 Å². The molecule has 1 aromatic heterocycles. The number of aliphatic carboxylic acids is 1. The molecule has 1 aliphatic heterocycles. The highest BCUT2D eigenvalue weighted by Gasteiger charge is 2.40. The zero-order valence-electron chi connectivity index (χ0n) is 25.5. The summed E-state index contributed by atoms with van der Waals surface area (Å²) < 4.78 is 38.8. The number of aryl methyl sites for hydroxylation is 1. The van der Waals surface area contributed by atoms with Crippen molar-refractivity contribution in [3.63, 3.8) is 0 Å². The Balaban J connectivity index is 1.40. The van der Waals surface area contributed by atoms with Crippen molar-refractivity contribution in [3.05, 3.63) is 107 Å². The largest absolute Gasteiger partial charge is 0.487 e. The van der Waals surface area contributed by atoms with Crippen molar-refractivity contribution in [2.75, 3.05) is 6.54 Å². The van der Waals surface area contributed by atoms with Crippen molar-refractivity contribution < 1.29 is 28.5 Å². The maximum atomic E-state index is 12.4. The molecule has 0 aliphatic carbocycles. The Labute approximate surface area is 259 Å². The smallest absolute Gasteiger partial charge is 0.312 e. The zero-order valence-corrected chi connectivity index (χ0v) is 26.3. The van der Waals surface area contributed by atoms with Crippen LogP contribution in [0, 0.1) is 12.3 Å². The molecule has 2 heterocycles. The van der Waals surface area contributed by atoms with E-state index in [2.05, 4.69) is 10.3 Å². The van der Waals surface area contributed by atoms with Gasteiger partial charge in [-0.15, -0.1) is 15.9 Å². The first kappa shape index (κ1) is 31.7. The van der Waals surface area contributed by atoms with E-state index >= 15 is 0 Å². The van der Waals surface area contributed by atoms with Crippen LogP contribution in [0.1, 0.15) is 61.2 Å². The first-order valence-corrected chi connectivity index (χ1v) is 16.2. The number of fused-ring (bicyclic) bond motifs is 1. The fourth-order valence-corrected chi connectivity index (χ4v) is 6.92. The molecule has 0 radical (unpaired) electrons. The topological polar surface area (TPSA) is 130 Å². The van der Waals surface area contributed by atoms with Gasteiger partial charge in [0.15, 0.2) is 0 Å². The lowest BCUT2D eigenvalue weighted by molar-refractivity contribution is -0.158. The average Bonchev–Trinajstić information content (AvgIpc) is 3.41. The third kappa shape index (κ3) is 6.82. The van der Waals surface area contributed by atoms with E-state index in [-0.39, 0.29) is 19.3 Å². The molecule has 3 N–H and O–H groups in total. The third-order valence-electron chi connectivity index (χ3n) is 8.06. The molecule has 2 atom stereocenters. The molecule has 3 aromatic carbocycles. The molecule has 0 saturated heterocycles. The minimum Gasteiger partial charge on any atom is -0.487 e. The molecule has 0 spiro atoms. The summed E-state index contributed by atoms with van der Waals surface area (Å²) >= 11 is 0. The van der Waals surface area contributed by atoms with Crippen LogP contribution < -0.4 is 4.74 Å². The Hall–Kier alpha value is -3.74. The Morgan fingerprint density at radius 1 is 1.09 bits per heavy atom. The van der Waals surface area contributed by atoms with Gasteiger partial charge in [0.1, 0.15) is 22.4 Å². The second kappa shape index (κ2) is 13.1. The SMILES string of the molecule is CCC1CN(Cc2cc(C(OCc3cn(Cc4ccccc4)nn3)C(C)(C)C(=O)O)ccc2C)S(O)(O)c2ccccc2O1. The average molecular weight is 621 g/mol. The van der Waals surface area contributed by atoms with Gasteiger partial charge in [0.25, 0.3) is 0 Å². The van der Waals surface area contributed by atoms with Gasteiger partial charge in [-0.3, -0.25) is 13.9 Å². The number of ether oxygens (including phenoxy) is 2. The molecule has 4 aromatic rings. The van der Waals surface area contributed by atoms with Crippen molar-refractivity contribution in [1.29, 1.82) is 0 Å². The van der Waals surface area contributed by atoms with Gasteiger partial charge in [0.05, 0.1) is 37.4 Å². The molecule has 1 aliphatic rings. The zero-order chi connectivity index (χ0) is 31.5. The summed E-state index contributed by atoms with van der Waals surface area (Å²) in [6.07, 6.45) is 1.44. The second-order valence-electron chi connectivity index (χ2n) is 11.7. The van der Waals surface area contributed by atoms with E-state index in [1.165, 1.54) is 0 Å². The lowest BCUT2D eigenvalue weighted by Gasteiger charge is -2.42. The summed E-state index contributed by atoms with van der Waals surface area (Å²) in [5.41, 5.74) is 2.83. The van der Waals surface area contributed by atoms with E-state index < -0.39 is 28.3 Å². The molecular formula is C33H40N4O6S. The Morgan fingerprint density at radius 2 is 1.82 bits per heavy atom. The minimum atomic E-state index is -3.35. The van der Waals surface area contributed by atoms with Crippen LogP contribution in [0.2, 0.25) is 0 Å². The van der Waals surface area contributed by atoms with Crippen molar-refractivity contribution >= 4 is 16.7 Å². The summed E-state index contributed by atoms with van der Waals surface area (Å²) in [4.78, 5) is 12.8. The number of aromatic nitrogens is 3. The van der Waals surface area contributed by atoms with Crippen LogP contribution in [0.4, 0.5) is 0 Å². The molecule has 2 unspecified atom stereocenters. The van der Waals surface area contributed by atoms with Gasteiger partial charge in [-0.05, 0) is 61.6 Å². The van der Waals surface area contributed by atoms with Crippen molar-refractivity contribution in [1.82, 2.24) is 19.3 Å². The molecular weight excluding hydrogens is 580 g/mol. The predicted octanol–water partition coefficient (Wildman–Crippen LogP) is 6.70. The number of benzene rings is 3. The monoisotopic (exact) mass is 620 g/mol. The van der Waals surface area contributed by atoms with E-state index in [0.29, 0.717) is 41.4 Å². The van der Waals surface area contributed by atoms with E-state index in [4.69, 9.17) is 9.47 Å². The summed E-state index contributed by atoms with van der Waals surface area (Å²) in [7, 11) is -3.35. The van der Waals surface area contributed by atoms with Crippen LogP contribution in [-0.4, -0.2) is 52.1 Å². The number of carbonyl (C=O) groups is 1. The highest BCUT2D eigenvalue weighted by Crippen LogP contribution is 2.57. The number of para-hydroxylation sites is 1. The van der Waals surface area contributed by atoms with Gasteiger partial charge in [-0.1, -0.05) is 72.8 Å². The van der Waals surface area contributed by atoms with Gasteiger partial charge in [0, 0.05) is 6.54 Å². The first-order valence-electron chi connectivity index (χ1n) is 14.7. The molecule has 234 valence electrons. The molecule has 0 saturated carbocycles. The van der Waals surface area contributed by atoms with Gasteiger partial charge >= 0.3 is 5.97 Å². The molecule has 5 rings (SSSR count). The lowest BCUT2D eigenvalue weighted by atomic mass is 9.81. The fourth-order valence-electron chi connectivity index (χ4n) is 5.30. The third-order valence-corrected chi connectivity index (χ3v) is 9.99. The van der Waals surface area contributed by atoms with Crippen LogP contribution in [-0.2, 0) is 29.2 Å². The second-order valence-corrected chi connectivity index (χ2v) is 13.7. The maximum Gasteiger partial charge on any atom is 0.312 e. The Kier molecular flexibility index (Phi) is 9.42. The van der Waals surface area contributed by atoms with E-state index in [1.807, 2.05) is 68.4 Å². The normalized spacial score (nSPS) is 18.1. The van der Waals surface area contributed by atoms with Gasteiger partial charge < -0.3 is 14.6 Å². The predicted molar refractivity (Wildman–Crippen MR) is 168 cm³/mol. The fraction of sp³-hybridized carbons (Fsp3) is 0.364. The first-order chi connectivity index (χ1) is 21.0. The Morgan fingerprint density at radius 3 is 2.55 bits per heavy atom. The highest BCUT2D eigenvalue weighted by molar-refractivity contribution is 8.22. The van der Waals surface area contributed by atoms with Gasteiger partial charge in [0.2, 0.25) is 0 Å². The van der Waals surface area contributed by atoms with Gasteiger partial charge in [-0.25, -0.2) is 4.68 Å². The van der Waals surface area contributed by atoms with E-state index in [9.17, 15) is 19.0 Å². The maximum absolute atomic E-state index is 12.4.